The van der Waals surface area contributed by atoms with Gasteiger partial charge in [-0.25, -0.2) is 56.2 Å². The first-order valence-electron chi connectivity index (χ1n) is 12.6. The summed E-state index contributed by atoms with van der Waals surface area (Å²) < 4.78 is 93.0. The fraction of sp³-hybridized carbons (Fsp3) is 0. The molecule has 0 amide bonds. The molecule has 5 rings (SSSR count). The lowest BCUT2D eigenvalue weighted by atomic mass is 9.90. The maximum absolute atomic E-state index is 17.0. The Hall–Kier alpha value is -7.88. The highest BCUT2D eigenvalue weighted by molar-refractivity contribution is 6.29. The molecular weight excluding hydrogens is 634 g/mol. The highest BCUT2D eigenvalue weighted by Gasteiger charge is 2.44. The van der Waals surface area contributed by atoms with Crippen LogP contribution in [0.5, 0.6) is 0 Å². The molecule has 0 fully saturated rings. The zero-order valence-corrected chi connectivity index (χ0v) is 23.2. The predicted octanol–water partition coefficient (Wildman–Crippen LogP) is 8.50. The van der Waals surface area contributed by atoms with Crippen LogP contribution in [0.25, 0.3) is 52.9 Å². The number of hydrogen-bond acceptors (Lipinski definition) is 4. The number of nitriles is 4. The Bertz CT molecular complexity index is 2340. The van der Waals surface area contributed by atoms with Gasteiger partial charge in [0.15, 0.2) is 0 Å². The van der Waals surface area contributed by atoms with Crippen LogP contribution in [0, 0.1) is 107 Å². The molecule has 48 heavy (non-hydrogen) atoms. The van der Waals surface area contributed by atoms with E-state index in [0.29, 0.717) is 24.3 Å². The molecule has 0 atom stereocenters. The second kappa shape index (κ2) is 11.6. The van der Waals surface area contributed by atoms with Gasteiger partial charge >= 0.3 is 0 Å². The highest BCUT2D eigenvalue weighted by Crippen LogP contribution is 2.58. The van der Waals surface area contributed by atoms with Crippen LogP contribution in [0.15, 0.2) is 35.7 Å². The number of halogens is 6. The Balaban J connectivity index is 2.04. The highest BCUT2D eigenvalue weighted by atomic mass is 19.2. The van der Waals surface area contributed by atoms with Crippen LogP contribution in [0.1, 0.15) is 38.9 Å². The van der Waals surface area contributed by atoms with Crippen LogP contribution in [-0.2, 0) is 0 Å². The summed E-state index contributed by atoms with van der Waals surface area (Å²) in [5, 5.41) is 38.9. The molecule has 3 aromatic rings. The maximum atomic E-state index is 17.0. The van der Waals surface area contributed by atoms with E-state index in [1.807, 2.05) is 0 Å². The second-order valence-corrected chi connectivity index (χ2v) is 9.55. The third kappa shape index (κ3) is 4.18. The smallest absolute Gasteiger partial charge is 0.237 e. The molecule has 0 spiro atoms. The zero-order valence-electron chi connectivity index (χ0n) is 23.2. The Morgan fingerprint density at radius 3 is 1.46 bits per heavy atom. The first-order chi connectivity index (χ1) is 23.0. The van der Waals surface area contributed by atoms with Crippen molar-refractivity contribution in [2.75, 3.05) is 0 Å². The van der Waals surface area contributed by atoms with E-state index in [0.717, 1.165) is 0 Å². The summed E-state index contributed by atoms with van der Waals surface area (Å²) in [7, 11) is 0. The van der Waals surface area contributed by atoms with E-state index in [1.54, 1.807) is 6.07 Å². The Labute approximate surface area is 266 Å². The fourth-order valence-electron chi connectivity index (χ4n) is 5.54. The molecule has 3 aromatic carbocycles. The minimum Gasteiger partial charge on any atom is -0.237 e. The molecule has 0 heterocycles. The molecule has 2 aliphatic carbocycles. The third-order valence-electron chi connectivity index (χ3n) is 7.34. The number of hydrogen-bond donors (Lipinski definition) is 0. The molecule has 14 heteroatoms. The van der Waals surface area contributed by atoms with Gasteiger partial charge in [-0.15, -0.1) is 0 Å². The molecule has 222 valence electrons. The molecule has 0 radical (unpaired) electrons. The van der Waals surface area contributed by atoms with E-state index < -0.39 is 124 Å². The van der Waals surface area contributed by atoms with Crippen molar-refractivity contribution in [2.45, 2.75) is 0 Å². The van der Waals surface area contributed by atoms with Crippen molar-refractivity contribution < 1.29 is 26.3 Å². The van der Waals surface area contributed by atoms with Gasteiger partial charge in [-0.05, 0) is 52.1 Å². The first kappa shape index (κ1) is 31.5. The second-order valence-electron chi connectivity index (χ2n) is 9.55. The van der Waals surface area contributed by atoms with Crippen LogP contribution < -0.4 is 0 Å². The lowest BCUT2D eigenvalue weighted by Gasteiger charge is -2.15. The topological polar surface area (TPSA) is 113 Å². The van der Waals surface area contributed by atoms with Gasteiger partial charge in [0.2, 0.25) is 5.70 Å². The summed E-state index contributed by atoms with van der Waals surface area (Å²) in [6.45, 7) is 29.8. The van der Waals surface area contributed by atoms with Gasteiger partial charge in [-0.3, -0.25) is 0 Å². The van der Waals surface area contributed by atoms with E-state index in [1.165, 1.54) is 18.2 Å². The predicted molar refractivity (Wildman–Crippen MR) is 154 cm³/mol. The van der Waals surface area contributed by atoms with Crippen LogP contribution in [0.3, 0.4) is 0 Å². The van der Waals surface area contributed by atoms with E-state index in [-0.39, 0.29) is 0 Å². The minimum absolute atomic E-state index is 0.545. The average molecular weight is 638 g/mol. The van der Waals surface area contributed by atoms with Gasteiger partial charge in [0.1, 0.15) is 52.6 Å². The summed E-state index contributed by atoms with van der Waals surface area (Å²) in [5.41, 5.74) is -13.9. The zero-order chi connectivity index (χ0) is 35.2. The largest absolute Gasteiger partial charge is 0.270 e. The summed E-state index contributed by atoms with van der Waals surface area (Å²) in [5.74, 6) is -8.99. The third-order valence-corrected chi connectivity index (χ3v) is 7.34. The lowest BCUT2D eigenvalue weighted by Crippen LogP contribution is -2.05. The Kier molecular flexibility index (Phi) is 7.60. The molecular formula is C34H4F6N8. The Morgan fingerprint density at radius 1 is 0.562 bits per heavy atom. The Morgan fingerprint density at radius 2 is 1.02 bits per heavy atom. The summed E-state index contributed by atoms with van der Waals surface area (Å²) in [6, 6.07) is 7.95. The number of rotatable bonds is 2. The number of fused-ring (bicyclic) bond motifs is 2. The van der Waals surface area contributed by atoms with Gasteiger partial charge in [0.05, 0.1) is 44.0 Å². The van der Waals surface area contributed by atoms with Crippen molar-refractivity contribution in [3.8, 4) is 24.3 Å². The van der Waals surface area contributed by atoms with E-state index >= 15 is 8.78 Å². The van der Waals surface area contributed by atoms with Crippen molar-refractivity contribution in [2.24, 2.45) is 0 Å². The van der Waals surface area contributed by atoms with Gasteiger partial charge in [-0.2, -0.15) is 10.5 Å². The van der Waals surface area contributed by atoms with E-state index in [9.17, 15) is 33.3 Å². The molecule has 0 bridgehead atoms. The van der Waals surface area contributed by atoms with E-state index in [2.05, 4.69) is 19.4 Å². The first-order valence-corrected chi connectivity index (χ1v) is 12.6. The van der Waals surface area contributed by atoms with Crippen LogP contribution in [-0.4, -0.2) is 0 Å². The van der Waals surface area contributed by atoms with Crippen molar-refractivity contribution in [1.82, 2.24) is 0 Å². The quantitative estimate of drug-likeness (QED) is 0.159. The summed E-state index contributed by atoms with van der Waals surface area (Å²) >= 11 is 0. The van der Waals surface area contributed by atoms with Crippen LogP contribution in [0.4, 0.5) is 32.0 Å². The summed E-state index contributed by atoms with van der Waals surface area (Å²) in [6.07, 6.45) is 0. The van der Waals surface area contributed by atoms with Crippen molar-refractivity contribution in [3.63, 3.8) is 0 Å². The minimum atomic E-state index is -1.59. The molecule has 0 aromatic heterocycles. The molecule has 2 aliphatic rings. The average Bonchev–Trinajstić information content (AvgIpc) is 3.59. The molecule has 0 N–H and O–H groups in total. The lowest BCUT2D eigenvalue weighted by molar-refractivity contribution is 0.576. The normalized spacial score (nSPS) is 14.6. The molecule has 8 nitrogen and oxygen atoms in total. The van der Waals surface area contributed by atoms with Crippen LogP contribution in [0.2, 0.25) is 0 Å². The van der Waals surface area contributed by atoms with Crippen molar-refractivity contribution in [1.29, 1.82) is 21.0 Å². The maximum Gasteiger partial charge on any atom is 0.270 e. The van der Waals surface area contributed by atoms with Gasteiger partial charge in [0, 0.05) is 27.8 Å². The van der Waals surface area contributed by atoms with Gasteiger partial charge in [0.25, 0.3) is 17.1 Å². The van der Waals surface area contributed by atoms with Crippen molar-refractivity contribution >= 4 is 39.2 Å². The standard InChI is InChI=1S/C34H4F6N8/c1-45-21(11-43)26-23(13-7-19(37)33(47-3)20(38)8-13)16(10-42)25-28(26)32(40)30-29(31(25)39)27(22(12-44)46-2)24(34(30)48-4)14-5-17(35)15(9-41)18(36)6-14/h5-8H/b26-21-,27-22+. The molecule has 0 saturated heterocycles. The van der Waals surface area contributed by atoms with Crippen LogP contribution >= 0.6 is 0 Å². The number of allylic oxidation sites excluding steroid dienone is 7. The fourth-order valence-corrected chi connectivity index (χ4v) is 5.54. The SMILES string of the molecule is [C-]#[N+]C1=C(c2cc(F)c(C#N)c(F)c2)/C(=C(/C#N)[N+]#[C-])c2c(F)c3c(c(F)c21)/C(=C(/C#N)[N+]#[C-])C(c1cc(F)c([N+]#[C-])c(F)c1)=C3C#N. The van der Waals surface area contributed by atoms with Crippen molar-refractivity contribution in [3.05, 3.63) is 155 Å². The molecule has 0 saturated carbocycles. The monoisotopic (exact) mass is 638 g/mol. The molecule has 0 aliphatic heterocycles. The number of benzene rings is 3. The number of nitrogens with zero attached hydrogens (tertiary/aromatic N) is 8. The van der Waals surface area contributed by atoms with E-state index in [4.69, 9.17) is 31.6 Å². The summed E-state index contributed by atoms with van der Waals surface area (Å²) in [4.78, 5) is 11.9. The van der Waals surface area contributed by atoms with Gasteiger partial charge in [-0.1, -0.05) is 0 Å². The molecule has 0 unspecified atom stereocenters. The van der Waals surface area contributed by atoms with Gasteiger partial charge < -0.3 is 0 Å².